The van der Waals surface area contributed by atoms with Crippen LogP contribution >= 0.6 is 11.3 Å². The smallest absolute Gasteiger partial charge is 0.234 e. The van der Waals surface area contributed by atoms with Gasteiger partial charge in [0.25, 0.3) is 0 Å². The maximum Gasteiger partial charge on any atom is 0.234 e. The highest BCUT2D eigenvalue weighted by Crippen LogP contribution is 2.27. The lowest BCUT2D eigenvalue weighted by atomic mass is 10.2. The van der Waals surface area contributed by atoms with Crippen molar-refractivity contribution in [1.29, 1.82) is 5.26 Å². The lowest BCUT2D eigenvalue weighted by Crippen LogP contribution is -2.46. The Kier molecular flexibility index (Phi) is 4.99. The van der Waals surface area contributed by atoms with E-state index >= 15 is 0 Å². The summed E-state index contributed by atoms with van der Waals surface area (Å²) in [4.78, 5) is 8.82. The lowest BCUT2D eigenvalue weighted by molar-refractivity contribution is 0.415. The number of hydrogen-bond acceptors (Lipinski definition) is 7. The molecule has 1 aliphatic rings. The van der Waals surface area contributed by atoms with Gasteiger partial charge in [-0.3, -0.25) is 0 Å². The number of anilines is 2. The molecule has 3 aromatic rings. The number of piperazine rings is 1. The molecule has 1 aliphatic heterocycles. The van der Waals surface area contributed by atoms with Crippen molar-refractivity contribution in [2.75, 3.05) is 43.1 Å². The van der Waals surface area contributed by atoms with Gasteiger partial charge in [0.1, 0.15) is 11.8 Å². The van der Waals surface area contributed by atoms with E-state index in [1.165, 1.54) is 5.69 Å². The van der Waals surface area contributed by atoms with Crippen molar-refractivity contribution in [2.45, 2.75) is 6.42 Å². The topological polar surface area (TPSA) is 65.5 Å². The monoisotopic (exact) mass is 380 g/mol. The number of benzene rings is 1. The number of aromatic nitrogens is 1. The van der Waals surface area contributed by atoms with Gasteiger partial charge in [0.05, 0.1) is 13.5 Å². The summed E-state index contributed by atoms with van der Waals surface area (Å²) in [6.45, 7) is 3.29. The van der Waals surface area contributed by atoms with Gasteiger partial charge < -0.3 is 19.0 Å². The van der Waals surface area contributed by atoms with E-state index in [2.05, 4.69) is 38.4 Å². The van der Waals surface area contributed by atoms with Crippen LogP contribution in [0.25, 0.3) is 0 Å². The van der Waals surface area contributed by atoms with Crippen molar-refractivity contribution in [3.05, 3.63) is 58.2 Å². The van der Waals surface area contributed by atoms with Gasteiger partial charge in [-0.25, -0.2) is 4.98 Å². The standard InChI is InChI=1S/C20H20N4O2S/c1-25-17-4-2-16(3-5-17)23-7-9-24(10-8-23)20-18(13-21)22-19(26-20)12-15-6-11-27-14-15/h2-6,11,14H,7-10,12H2,1H3. The average molecular weight is 380 g/mol. The second-order valence-electron chi connectivity index (χ2n) is 6.35. The van der Waals surface area contributed by atoms with Gasteiger partial charge in [0, 0.05) is 31.9 Å². The Labute approximate surface area is 162 Å². The van der Waals surface area contributed by atoms with E-state index in [0.717, 1.165) is 37.5 Å². The number of methoxy groups -OCH3 is 1. The van der Waals surface area contributed by atoms with Crippen LogP contribution in [0.5, 0.6) is 5.75 Å². The minimum atomic E-state index is 0.373. The number of ether oxygens (including phenoxy) is 1. The van der Waals surface area contributed by atoms with Crippen molar-refractivity contribution < 1.29 is 9.15 Å². The van der Waals surface area contributed by atoms with Crippen molar-refractivity contribution >= 4 is 22.9 Å². The molecule has 1 fully saturated rings. The first kappa shape index (κ1) is 17.4. The van der Waals surface area contributed by atoms with E-state index in [4.69, 9.17) is 9.15 Å². The highest BCUT2D eigenvalue weighted by Gasteiger charge is 2.24. The molecule has 3 heterocycles. The van der Waals surface area contributed by atoms with Gasteiger partial charge in [-0.2, -0.15) is 16.6 Å². The van der Waals surface area contributed by atoms with Crippen LogP contribution < -0.4 is 14.5 Å². The third-order valence-corrected chi connectivity index (χ3v) is 5.43. The van der Waals surface area contributed by atoms with Crippen LogP contribution in [0.2, 0.25) is 0 Å². The second kappa shape index (κ2) is 7.72. The molecule has 0 radical (unpaired) electrons. The van der Waals surface area contributed by atoms with Crippen molar-refractivity contribution in [2.24, 2.45) is 0 Å². The van der Waals surface area contributed by atoms with Crippen molar-refractivity contribution in [1.82, 2.24) is 4.98 Å². The molecule has 0 atom stereocenters. The normalized spacial score (nSPS) is 14.2. The van der Waals surface area contributed by atoms with E-state index < -0.39 is 0 Å². The molecule has 138 valence electrons. The number of oxazole rings is 1. The quantitative estimate of drug-likeness (QED) is 0.675. The van der Waals surface area contributed by atoms with Crippen LogP contribution in [0.3, 0.4) is 0 Å². The summed E-state index contributed by atoms with van der Waals surface area (Å²) in [5.74, 6) is 2.05. The molecule has 0 N–H and O–H groups in total. The lowest BCUT2D eigenvalue weighted by Gasteiger charge is -2.35. The summed E-state index contributed by atoms with van der Waals surface area (Å²) in [6.07, 6.45) is 0.615. The molecule has 1 aromatic carbocycles. The summed E-state index contributed by atoms with van der Waals surface area (Å²) in [5, 5.41) is 13.6. The fraction of sp³-hybridized carbons (Fsp3) is 0.300. The van der Waals surface area contributed by atoms with Crippen LogP contribution in [0, 0.1) is 11.3 Å². The highest BCUT2D eigenvalue weighted by molar-refractivity contribution is 7.07. The van der Waals surface area contributed by atoms with Crippen LogP contribution in [0.4, 0.5) is 11.6 Å². The zero-order valence-electron chi connectivity index (χ0n) is 15.1. The Morgan fingerprint density at radius 2 is 1.89 bits per heavy atom. The minimum Gasteiger partial charge on any atom is -0.497 e. The van der Waals surface area contributed by atoms with Crippen LogP contribution in [-0.4, -0.2) is 38.3 Å². The first-order chi connectivity index (χ1) is 13.3. The summed E-state index contributed by atoms with van der Waals surface area (Å²) < 4.78 is 11.2. The molecular formula is C20H20N4O2S. The molecule has 7 heteroatoms. The Balaban J connectivity index is 1.44. The average Bonchev–Trinajstić information content (AvgIpc) is 3.38. The largest absolute Gasteiger partial charge is 0.497 e. The maximum atomic E-state index is 9.45. The summed E-state index contributed by atoms with van der Waals surface area (Å²) >= 11 is 1.65. The molecule has 27 heavy (non-hydrogen) atoms. The minimum absolute atomic E-state index is 0.373. The molecule has 6 nitrogen and oxygen atoms in total. The fourth-order valence-electron chi connectivity index (χ4n) is 3.25. The van der Waals surface area contributed by atoms with Crippen LogP contribution in [-0.2, 0) is 6.42 Å². The number of rotatable bonds is 5. The highest BCUT2D eigenvalue weighted by atomic mass is 32.1. The summed E-state index contributed by atoms with van der Waals surface area (Å²) in [6, 6.07) is 12.3. The Morgan fingerprint density at radius 3 is 2.52 bits per heavy atom. The first-order valence-electron chi connectivity index (χ1n) is 8.81. The van der Waals surface area contributed by atoms with Crippen LogP contribution in [0.1, 0.15) is 17.1 Å². The van der Waals surface area contributed by atoms with E-state index in [1.807, 2.05) is 23.6 Å². The van der Waals surface area contributed by atoms with Gasteiger partial charge >= 0.3 is 0 Å². The molecule has 0 spiro atoms. The van der Waals surface area contributed by atoms with Crippen molar-refractivity contribution in [3.63, 3.8) is 0 Å². The number of thiophene rings is 1. The van der Waals surface area contributed by atoms with Gasteiger partial charge in [0.15, 0.2) is 0 Å². The maximum absolute atomic E-state index is 9.45. The van der Waals surface area contributed by atoms with Gasteiger partial charge in [-0.1, -0.05) is 0 Å². The molecule has 0 saturated carbocycles. The van der Waals surface area contributed by atoms with E-state index in [1.54, 1.807) is 18.4 Å². The number of nitrogens with zero attached hydrogens (tertiary/aromatic N) is 4. The Hall–Kier alpha value is -2.98. The fourth-order valence-corrected chi connectivity index (χ4v) is 3.92. The second-order valence-corrected chi connectivity index (χ2v) is 7.13. The van der Waals surface area contributed by atoms with Gasteiger partial charge in [-0.05, 0) is 46.7 Å². The third kappa shape index (κ3) is 3.76. The van der Waals surface area contributed by atoms with Gasteiger partial charge in [0.2, 0.25) is 17.5 Å². The Morgan fingerprint density at radius 1 is 1.15 bits per heavy atom. The first-order valence-corrected chi connectivity index (χ1v) is 9.76. The molecule has 0 bridgehead atoms. The van der Waals surface area contributed by atoms with E-state index in [-0.39, 0.29) is 0 Å². The van der Waals surface area contributed by atoms with Crippen molar-refractivity contribution in [3.8, 4) is 11.8 Å². The predicted molar refractivity (Wildman–Crippen MR) is 106 cm³/mol. The predicted octanol–water partition coefficient (Wildman–Crippen LogP) is 3.53. The van der Waals surface area contributed by atoms with E-state index in [0.29, 0.717) is 23.9 Å². The SMILES string of the molecule is COc1ccc(N2CCN(c3oc(Cc4ccsc4)nc3C#N)CC2)cc1. The molecule has 0 unspecified atom stereocenters. The Bertz CT molecular complexity index is 920. The zero-order chi connectivity index (χ0) is 18.6. The van der Waals surface area contributed by atoms with Crippen LogP contribution in [0.15, 0.2) is 45.5 Å². The van der Waals surface area contributed by atoms with E-state index in [9.17, 15) is 5.26 Å². The number of hydrogen-bond donors (Lipinski definition) is 0. The molecule has 0 aliphatic carbocycles. The molecule has 1 saturated heterocycles. The zero-order valence-corrected chi connectivity index (χ0v) is 15.9. The molecule has 2 aromatic heterocycles. The molecule has 4 rings (SSSR count). The summed E-state index contributed by atoms with van der Waals surface area (Å²) in [5.41, 5.74) is 2.70. The molecular weight excluding hydrogens is 360 g/mol. The summed E-state index contributed by atoms with van der Waals surface area (Å²) in [7, 11) is 1.67. The van der Waals surface area contributed by atoms with Gasteiger partial charge in [-0.15, -0.1) is 0 Å². The third-order valence-electron chi connectivity index (χ3n) is 4.70. The molecule has 0 amide bonds. The number of nitriles is 1.